The summed E-state index contributed by atoms with van der Waals surface area (Å²) < 4.78 is 45.9. The van der Waals surface area contributed by atoms with Gasteiger partial charge in [-0.25, -0.2) is 9.78 Å². The smallest absolute Gasteiger partial charge is 0.416 e. The van der Waals surface area contributed by atoms with Gasteiger partial charge in [-0.2, -0.15) is 13.2 Å². The number of anilines is 2. The maximum absolute atomic E-state index is 12.8. The van der Waals surface area contributed by atoms with Crippen molar-refractivity contribution in [3.8, 4) is 17.4 Å². The van der Waals surface area contributed by atoms with Crippen LogP contribution in [-0.2, 0) is 6.18 Å². The number of aryl methyl sites for hydroxylation is 1. The van der Waals surface area contributed by atoms with E-state index in [1.54, 1.807) is 42.7 Å². The summed E-state index contributed by atoms with van der Waals surface area (Å²) in [5, 5.41) is 13.1. The molecule has 0 radical (unpaired) electrons. The lowest BCUT2D eigenvalue weighted by Crippen LogP contribution is -2.19. The van der Waals surface area contributed by atoms with E-state index in [-0.39, 0.29) is 11.6 Å². The molecule has 2 aromatic carbocycles. The highest BCUT2D eigenvalue weighted by molar-refractivity contribution is 5.99. The maximum Gasteiger partial charge on any atom is 0.416 e. The van der Waals surface area contributed by atoms with Crippen LogP contribution in [0.15, 0.2) is 67.0 Å². The van der Waals surface area contributed by atoms with Crippen molar-refractivity contribution in [2.45, 2.75) is 20.0 Å². The fourth-order valence-electron chi connectivity index (χ4n) is 3.02. The Kier molecular flexibility index (Phi) is 6.17. The fraction of sp³-hybridized carbons (Fsp3) is 0.130. The van der Waals surface area contributed by atoms with Crippen LogP contribution in [0.2, 0.25) is 0 Å². The topological polar surface area (TPSA) is 94.0 Å². The first-order chi connectivity index (χ1) is 16.2. The number of amides is 2. The monoisotopic (exact) mass is 468 g/mol. The van der Waals surface area contributed by atoms with Gasteiger partial charge in [-0.15, -0.1) is 10.2 Å². The number of benzene rings is 2. The van der Waals surface area contributed by atoms with Gasteiger partial charge in [0.2, 0.25) is 5.88 Å². The van der Waals surface area contributed by atoms with E-state index < -0.39 is 17.8 Å². The van der Waals surface area contributed by atoms with Gasteiger partial charge in [0.25, 0.3) is 0 Å². The molecule has 34 heavy (non-hydrogen) atoms. The predicted octanol–water partition coefficient (Wildman–Crippen LogP) is 5.73. The summed E-state index contributed by atoms with van der Waals surface area (Å²) in [6.07, 6.45) is -2.82. The summed E-state index contributed by atoms with van der Waals surface area (Å²) >= 11 is 0. The van der Waals surface area contributed by atoms with Gasteiger partial charge in [0, 0.05) is 23.1 Å². The molecule has 2 heterocycles. The molecular weight excluding hydrogens is 449 g/mol. The Labute approximate surface area is 192 Å². The molecule has 0 atom stereocenters. The minimum atomic E-state index is -4.49. The number of carbonyl (C=O) groups is 1. The Balaban J connectivity index is 1.35. The van der Waals surface area contributed by atoms with E-state index in [1.807, 2.05) is 18.4 Å². The van der Waals surface area contributed by atoms with Crippen molar-refractivity contribution < 1.29 is 22.7 Å². The summed E-state index contributed by atoms with van der Waals surface area (Å²) in [7, 11) is 0. The van der Waals surface area contributed by atoms with E-state index in [0.717, 1.165) is 23.5 Å². The highest BCUT2D eigenvalue weighted by Crippen LogP contribution is 2.30. The molecule has 2 N–H and O–H groups in total. The molecular formula is C23H19F3N6O2. The van der Waals surface area contributed by atoms with E-state index in [1.165, 1.54) is 12.1 Å². The van der Waals surface area contributed by atoms with E-state index in [2.05, 4.69) is 25.8 Å². The lowest BCUT2D eigenvalue weighted by Gasteiger charge is -2.11. The second kappa shape index (κ2) is 9.22. The summed E-state index contributed by atoms with van der Waals surface area (Å²) in [5.41, 5.74) is 1.46. The molecule has 174 valence electrons. The Hall–Kier alpha value is -4.41. The minimum absolute atomic E-state index is 0.0235. The molecule has 0 saturated carbocycles. The molecule has 8 nitrogen and oxygen atoms in total. The molecule has 0 bridgehead atoms. The third-order valence-electron chi connectivity index (χ3n) is 4.91. The predicted molar refractivity (Wildman–Crippen MR) is 119 cm³/mol. The van der Waals surface area contributed by atoms with E-state index in [4.69, 9.17) is 4.74 Å². The average Bonchev–Trinajstić information content (AvgIpc) is 3.13. The average molecular weight is 468 g/mol. The van der Waals surface area contributed by atoms with Crippen molar-refractivity contribution in [1.82, 2.24) is 19.7 Å². The molecule has 0 spiro atoms. The van der Waals surface area contributed by atoms with Gasteiger partial charge >= 0.3 is 12.2 Å². The van der Waals surface area contributed by atoms with E-state index >= 15 is 0 Å². The standard InChI is InChI=1S/C23H19F3N6O2/c1-14-15(2)32(13-27-14)20-10-11-21(31-30-20)34-19-8-6-17(7-9-19)28-22(33)29-18-5-3-4-16(12-18)23(24,25)26/h3-13H,1-2H3,(H2,28,29,33). The molecule has 2 aromatic heterocycles. The third kappa shape index (κ3) is 5.31. The largest absolute Gasteiger partial charge is 0.438 e. The van der Waals surface area contributed by atoms with Gasteiger partial charge < -0.3 is 15.4 Å². The molecule has 4 aromatic rings. The van der Waals surface area contributed by atoms with Crippen LogP contribution in [0, 0.1) is 13.8 Å². The van der Waals surface area contributed by atoms with Crippen molar-refractivity contribution >= 4 is 17.4 Å². The number of hydrogen-bond acceptors (Lipinski definition) is 5. The van der Waals surface area contributed by atoms with Crippen LogP contribution in [0.3, 0.4) is 0 Å². The summed E-state index contributed by atoms with van der Waals surface area (Å²) in [4.78, 5) is 16.4. The van der Waals surface area contributed by atoms with Gasteiger partial charge in [0.05, 0.1) is 11.3 Å². The Morgan fingerprint density at radius 3 is 2.29 bits per heavy atom. The van der Waals surface area contributed by atoms with Crippen LogP contribution >= 0.6 is 0 Å². The Morgan fingerprint density at radius 1 is 0.941 bits per heavy atom. The molecule has 4 rings (SSSR count). The molecule has 0 aliphatic rings. The lowest BCUT2D eigenvalue weighted by molar-refractivity contribution is -0.137. The number of ether oxygens (including phenoxy) is 1. The van der Waals surface area contributed by atoms with Crippen molar-refractivity contribution in [1.29, 1.82) is 0 Å². The van der Waals surface area contributed by atoms with Crippen LogP contribution in [-0.4, -0.2) is 25.8 Å². The van der Waals surface area contributed by atoms with Gasteiger partial charge in [-0.05, 0) is 62.4 Å². The Bertz CT molecular complexity index is 1300. The Morgan fingerprint density at radius 2 is 1.68 bits per heavy atom. The number of imidazole rings is 1. The van der Waals surface area contributed by atoms with Crippen LogP contribution in [0.4, 0.5) is 29.3 Å². The normalized spacial score (nSPS) is 11.2. The first-order valence-corrected chi connectivity index (χ1v) is 10.1. The number of aromatic nitrogens is 4. The zero-order chi connectivity index (χ0) is 24.3. The first kappa shape index (κ1) is 22.8. The van der Waals surface area contributed by atoms with E-state index in [9.17, 15) is 18.0 Å². The molecule has 2 amide bonds. The maximum atomic E-state index is 12.8. The SMILES string of the molecule is Cc1ncn(-c2ccc(Oc3ccc(NC(=O)Nc4cccc(C(F)(F)F)c4)cc3)nn2)c1C. The molecule has 11 heteroatoms. The van der Waals surface area contributed by atoms with Gasteiger partial charge in [-0.1, -0.05) is 6.07 Å². The first-order valence-electron chi connectivity index (χ1n) is 10.1. The molecule has 0 unspecified atom stereocenters. The van der Waals surface area contributed by atoms with Crippen molar-refractivity contribution in [2.75, 3.05) is 10.6 Å². The zero-order valence-electron chi connectivity index (χ0n) is 18.1. The fourth-order valence-corrected chi connectivity index (χ4v) is 3.02. The van der Waals surface area contributed by atoms with Gasteiger partial charge in [0.1, 0.15) is 12.1 Å². The van der Waals surface area contributed by atoms with Crippen LogP contribution in [0.1, 0.15) is 17.0 Å². The number of nitrogens with one attached hydrogen (secondary N) is 2. The number of alkyl halides is 3. The van der Waals surface area contributed by atoms with E-state index in [0.29, 0.717) is 17.3 Å². The van der Waals surface area contributed by atoms with Gasteiger partial charge in [-0.3, -0.25) is 4.57 Å². The second-order valence-electron chi connectivity index (χ2n) is 7.30. The molecule has 0 fully saturated rings. The summed E-state index contributed by atoms with van der Waals surface area (Å²) in [5.74, 6) is 1.35. The van der Waals surface area contributed by atoms with Crippen LogP contribution in [0.5, 0.6) is 11.6 Å². The van der Waals surface area contributed by atoms with Crippen molar-refractivity contribution in [3.05, 3.63) is 83.9 Å². The quantitative estimate of drug-likeness (QED) is 0.390. The molecule has 0 aliphatic heterocycles. The lowest BCUT2D eigenvalue weighted by atomic mass is 10.2. The minimum Gasteiger partial charge on any atom is -0.438 e. The number of nitrogens with zero attached hydrogens (tertiary/aromatic N) is 4. The van der Waals surface area contributed by atoms with Crippen molar-refractivity contribution in [3.63, 3.8) is 0 Å². The van der Waals surface area contributed by atoms with Crippen molar-refractivity contribution in [2.24, 2.45) is 0 Å². The van der Waals surface area contributed by atoms with Gasteiger partial charge in [0.15, 0.2) is 5.82 Å². The molecule has 0 aliphatic carbocycles. The van der Waals surface area contributed by atoms with Crippen LogP contribution < -0.4 is 15.4 Å². The number of hydrogen-bond donors (Lipinski definition) is 2. The molecule has 0 saturated heterocycles. The van der Waals surface area contributed by atoms with Crippen LogP contribution in [0.25, 0.3) is 5.82 Å². The number of halogens is 3. The number of carbonyl (C=O) groups excluding carboxylic acids is 1. The number of rotatable bonds is 5. The zero-order valence-corrected chi connectivity index (χ0v) is 18.1. The second-order valence-corrected chi connectivity index (χ2v) is 7.30. The summed E-state index contributed by atoms with van der Waals surface area (Å²) in [6, 6.07) is 13.5. The highest BCUT2D eigenvalue weighted by atomic mass is 19.4. The number of urea groups is 1. The highest BCUT2D eigenvalue weighted by Gasteiger charge is 2.30. The third-order valence-corrected chi connectivity index (χ3v) is 4.91. The summed E-state index contributed by atoms with van der Waals surface area (Å²) in [6.45, 7) is 3.84.